The van der Waals surface area contributed by atoms with E-state index in [0.717, 1.165) is 50.0 Å². The first-order valence-corrected chi connectivity index (χ1v) is 18.5. The second kappa shape index (κ2) is 12.2. The first kappa shape index (κ1) is 30.5. The molecule has 0 N–H and O–H groups in total. The topological polar surface area (TPSA) is 16.4 Å². The van der Waals surface area contributed by atoms with E-state index >= 15 is 0 Å². The van der Waals surface area contributed by atoms with Gasteiger partial charge >= 0.3 is 0 Å². The van der Waals surface area contributed by atoms with Crippen LogP contribution in [-0.4, -0.2) is 0 Å². The van der Waals surface area contributed by atoms with Crippen LogP contribution in [0.3, 0.4) is 0 Å². The molecule has 11 rings (SSSR count). The molecule has 252 valence electrons. The van der Waals surface area contributed by atoms with E-state index in [2.05, 4.69) is 205 Å². The average Bonchev–Trinajstić information content (AvgIpc) is 3.63. The van der Waals surface area contributed by atoms with Crippen molar-refractivity contribution in [2.24, 2.45) is 0 Å². The van der Waals surface area contributed by atoms with Gasteiger partial charge in [-0.25, -0.2) is 0 Å². The van der Waals surface area contributed by atoms with Crippen LogP contribution in [0.5, 0.6) is 0 Å². The van der Waals surface area contributed by atoms with E-state index in [1.807, 2.05) is 0 Å². The molecule has 0 unspecified atom stereocenters. The summed E-state index contributed by atoms with van der Waals surface area (Å²) in [5, 5.41) is 12.2. The Morgan fingerprint density at radius 1 is 0.333 bits per heavy atom. The Hall–Kier alpha value is -7.16. The number of hydrogen-bond acceptors (Lipinski definition) is 2. The summed E-state index contributed by atoms with van der Waals surface area (Å²) in [7, 11) is 0. The van der Waals surface area contributed by atoms with Crippen LogP contribution in [-0.2, 0) is 0 Å². The van der Waals surface area contributed by atoms with Gasteiger partial charge in [0.25, 0.3) is 0 Å². The van der Waals surface area contributed by atoms with Crippen LogP contribution in [0, 0.1) is 0 Å². The summed E-state index contributed by atoms with van der Waals surface area (Å²) < 4.78 is 6.70. The van der Waals surface area contributed by atoms with Crippen molar-refractivity contribution in [3.63, 3.8) is 0 Å². The van der Waals surface area contributed by atoms with Gasteiger partial charge in [-0.1, -0.05) is 158 Å². The molecule has 0 amide bonds. The van der Waals surface area contributed by atoms with Crippen molar-refractivity contribution >= 4 is 82.1 Å². The maximum absolute atomic E-state index is 6.70. The minimum atomic E-state index is 0.868. The molecule has 0 saturated heterocycles. The van der Waals surface area contributed by atoms with Crippen molar-refractivity contribution in [3.8, 4) is 22.3 Å². The Kier molecular flexibility index (Phi) is 6.90. The molecule has 0 fully saturated rings. The molecular weight excluding hydrogens is 655 g/mol. The van der Waals surface area contributed by atoms with Gasteiger partial charge in [0.1, 0.15) is 11.2 Å². The summed E-state index contributed by atoms with van der Waals surface area (Å²) in [4.78, 5) is 2.36. The molecule has 11 aromatic rings. The molecule has 0 spiro atoms. The first-order valence-electron chi connectivity index (χ1n) is 18.5. The van der Waals surface area contributed by atoms with Crippen LogP contribution in [0.1, 0.15) is 0 Å². The molecule has 10 aromatic carbocycles. The molecule has 54 heavy (non-hydrogen) atoms. The maximum atomic E-state index is 6.70. The van der Waals surface area contributed by atoms with Gasteiger partial charge in [0.05, 0.1) is 5.69 Å². The lowest BCUT2D eigenvalue weighted by Crippen LogP contribution is -2.11. The summed E-state index contributed by atoms with van der Waals surface area (Å²) in [5.74, 6) is 0. The monoisotopic (exact) mass is 687 g/mol. The third kappa shape index (κ3) is 4.81. The van der Waals surface area contributed by atoms with Gasteiger partial charge in [0, 0.05) is 39.2 Å². The maximum Gasteiger partial charge on any atom is 0.143 e. The molecule has 0 aliphatic rings. The lowest BCUT2D eigenvalue weighted by molar-refractivity contribution is 0.672. The fraction of sp³-hybridized carbons (Fsp3) is 0. The molecule has 0 aliphatic carbocycles. The summed E-state index contributed by atoms with van der Waals surface area (Å²) >= 11 is 0. The van der Waals surface area contributed by atoms with E-state index in [9.17, 15) is 0 Å². The van der Waals surface area contributed by atoms with Gasteiger partial charge in [0.15, 0.2) is 0 Å². The van der Waals surface area contributed by atoms with Crippen LogP contribution in [0.25, 0.3) is 87.3 Å². The highest BCUT2D eigenvalue weighted by Gasteiger charge is 2.20. The largest absolute Gasteiger partial charge is 0.455 e. The minimum Gasteiger partial charge on any atom is -0.455 e. The van der Waals surface area contributed by atoms with Crippen molar-refractivity contribution in [1.29, 1.82) is 0 Å². The molecule has 1 aromatic heterocycles. The first-order chi connectivity index (χ1) is 26.8. The van der Waals surface area contributed by atoms with E-state index < -0.39 is 0 Å². The number of hydrogen-bond donors (Lipinski definition) is 0. The lowest BCUT2D eigenvalue weighted by atomic mass is 9.91. The van der Waals surface area contributed by atoms with Crippen LogP contribution in [0.2, 0.25) is 0 Å². The Balaban J connectivity index is 1.11. The number of rotatable bonds is 5. The van der Waals surface area contributed by atoms with E-state index in [1.54, 1.807) is 0 Å². The van der Waals surface area contributed by atoms with Crippen LogP contribution in [0.15, 0.2) is 205 Å². The third-order valence-corrected chi connectivity index (χ3v) is 11.0. The summed E-state index contributed by atoms with van der Waals surface area (Å²) in [6.45, 7) is 0. The van der Waals surface area contributed by atoms with E-state index in [-0.39, 0.29) is 0 Å². The Morgan fingerprint density at radius 2 is 0.907 bits per heavy atom. The van der Waals surface area contributed by atoms with Gasteiger partial charge in [-0.15, -0.1) is 0 Å². The molecule has 0 atom stereocenters. The second-order valence-corrected chi connectivity index (χ2v) is 14.1. The zero-order chi connectivity index (χ0) is 35.6. The molecule has 0 radical (unpaired) electrons. The van der Waals surface area contributed by atoms with Gasteiger partial charge in [-0.3, -0.25) is 0 Å². The van der Waals surface area contributed by atoms with Crippen molar-refractivity contribution in [2.45, 2.75) is 0 Å². The smallest absolute Gasteiger partial charge is 0.143 e. The van der Waals surface area contributed by atoms with Crippen molar-refractivity contribution < 1.29 is 4.42 Å². The molecule has 0 aliphatic heterocycles. The van der Waals surface area contributed by atoms with Crippen molar-refractivity contribution in [3.05, 3.63) is 200 Å². The van der Waals surface area contributed by atoms with Gasteiger partial charge in [-0.2, -0.15) is 0 Å². The highest BCUT2D eigenvalue weighted by Crippen LogP contribution is 2.45. The highest BCUT2D eigenvalue weighted by atomic mass is 16.3. The minimum absolute atomic E-state index is 0.868. The number of fused-ring (bicyclic) bond motifs is 10. The number of nitrogens with zero attached hydrogens (tertiary/aromatic N) is 1. The quantitative estimate of drug-likeness (QED) is 0.168. The number of furan rings is 1. The fourth-order valence-corrected chi connectivity index (χ4v) is 8.49. The van der Waals surface area contributed by atoms with Gasteiger partial charge < -0.3 is 9.32 Å². The van der Waals surface area contributed by atoms with E-state index in [4.69, 9.17) is 4.42 Å². The molecule has 0 bridgehead atoms. The zero-order valence-electron chi connectivity index (χ0n) is 29.4. The SMILES string of the molecule is c1ccc(-c2ccccc2N(c2ccc(-c3cccc4ccc5ccc6ccccc6c5c34)cc2)c2ccc3c(c2)oc2c4ccccc4ccc32)cc1. The summed E-state index contributed by atoms with van der Waals surface area (Å²) in [6, 6.07) is 72.2. The van der Waals surface area contributed by atoms with Crippen molar-refractivity contribution in [2.75, 3.05) is 4.90 Å². The highest BCUT2D eigenvalue weighted by molar-refractivity contribution is 6.24. The number of anilines is 3. The van der Waals surface area contributed by atoms with Gasteiger partial charge in [-0.05, 0) is 90.8 Å². The fourth-order valence-electron chi connectivity index (χ4n) is 8.49. The predicted octanol–water partition coefficient (Wildman–Crippen LogP) is 15.0. The number of para-hydroxylation sites is 1. The van der Waals surface area contributed by atoms with E-state index in [0.29, 0.717) is 0 Å². The molecule has 2 nitrogen and oxygen atoms in total. The molecular formula is C52H33NO. The molecule has 1 heterocycles. The van der Waals surface area contributed by atoms with Crippen LogP contribution >= 0.6 is 0 Å². The Morgan fingerprint density at radius 3 is 1.74 bits per heavy atom. The average molecular weight is 688 g/mol. The molecule has 0 saturated carbocycles. The Labute approximate surface area is 312 Å². The standard InChI is InChI=1S/C52H33NO/c1-2-11-34(12-3-1)42-16-8-9-20-48(42)53(41-30-32-46-47-31-27-36-14-5-7-18-45(36)52(47)54-49(46)33-41)40-28-25-37(26-29-40)44-19-10-15-38-23-24-39-22-21-35-13-4-6-17-43(35)51(39)50(38)44/h1-33H. The normalized spacial score (nSPS) is 11.7. The summed E-state index contributed by atoms with van der Waals surface area (Å²) in [5.41, 5.74) is 9.73. The van der Waals surface area contributed by atoms with Crippen LogP contribution < -0.4 is 4.90 Å². The van der Waals surface area contributed by atoms with Gasteiger partial charge in [0.2, 0.25) is 0 Å². The zero-order valence-corrected chi connectivity index (χ0v) is 29.4. The lowest BCUT2D eigenvalue weighted by Gasteiger charge is -2.28. The predicted molar refractivity (Wildman–Crippen MR) is 229 cm³/mol. The van der Waals surface area contributed by atoms with Crippen LogP contribution in [0.4, 0.5) is 17.1 Å². The third-order valence-electron chi connectivity index (χ3n) is 11.0. The van der Waals surface area contributed by atoms with E-state index in [1.165, 1.54) is 54.4 Å². The second-order valence-electron chi connectivity index (χ2n) is 14.1. The number of benzene rings is 10. The molecule has 2 heteroatoms. The Bertz CT molecular complexity index is 3210. The van der Waals surface area contributed by atoms with Crippen molar-refractivity contribution in [1.82, 2.24) is 0 Å². The summed E-state index contributed by atoms with van der Waals surface area (Å²) in [6.07, 6.45) is 0.